The Morgan fingerprint density at radius 3 is 2.26 bits per heavy atom. The maximum absolute atomic E-state index is 12.2. The number of alkyl halides is 2. The van der Waals surface area contributed by atoms with Gasteiger partial charge in [0.15, 0.2) is 5.78 Å². The largest absolute Gasteiger partial charge is 0.378 e. The zero-order chi connectivity index (χ0) is 16.8. The highest BCUT2D eigenvalue weighted by Gasteiger charge is 2.10. The predicted octanol–water partition coefficient (Wildman–Crippen LogP) is 4.20. The molecular weight excluding hydrogens is 326 g/mol. The highest BCUT2D eigenvalue weighted by atomic mass is 32.2. The highest BCUT2D eigenvalue weighted by Crippen LogP contribution is 2.26. The molecule has 2 aromatic rings. The Labute approximate surface area is 134 Å². The maximum atomic E-state index is 12.2. The third-order valence-corrected chi connectivity index (χ3v) is 3.66. The van der Waals surface area contributed by atoms with Gasteiger partial charge in [0, 0.05) is 28.3 Å². The number of hydrogen-bond acceptors (Lipinski definition) is 5. The second-order valence-electron chi connectivity index (χ2n) is 4.48. The fraction of sp³-hybridized carbons (Fsp3) is 0.133. The summed E-state index contributed by atoms with van der Waals surface area (Å²) in [4.78, 5) is 22.4. The molecule has 0 fully saturated rings. The van der Waals surface area contributed by atoms with E-state index in [1.807, 2.05) is 0 Å². The van der Waals surface area contributed by atoms with Gasteiger partial charge in [0.05, 0.1) is 11.5 Å². The molecule has 0 heterocycles. The van der Waals surface area contributed by atoms with Crippen molar-refractivity contribution in [3.8, 4) is 0 Å². The molecule has 0 bridgehead atoms. The van der Waals surface area contributed by atoms with Gasteiger partial charge in [-0.2, -0.15) is 8.78 Å². The minimum atomic E-state index is -2.47. The lowest BCUT2D eigenvalue weighted by Crippen LogP contribution is -2.13. The summed E-state index contributed by atoms with van der Waals surface area (Å²) in [7, 11) is 0. The van der Waals surface area contributed by atoms with Crippen LogP contribution in [-0.2, 0) is 0 Å². The Balaban J connectivity index is 1.92. The number of ketones is 1. The summed E-state index contributed by atoms with van der Waals surface area (Å²) in [6.45, 7) is -0.000846. The standard InChI is InChI=1S/C15H12F2N2O3S/c16-15(17)23-13-7-3-11(4-8-13)18-9-14(20)10-1-5-12(6-2-10)19(21)22/h1-8,15,18H,9H2. The molecule has 23 heavy (non-hydrogen) atoms. The molecule has 2 aromatic carbocycles. The maximum Gasteiger partial charge on any atom is 0.288 e. The number of halogens is 2. The SMILES string of the molecule is O=C(CNc1ccc(SC(F)F)cc1)c1ccc([N+](=O)[O-])cc1. The summed E-state index contributed by atoms with van der Waals surface area (Å²) in [6, 6.07) is 11.6. The Morgan fingerprint density at radius 2 is 1.74 bits per heavy atom. The first-order valence-electron chi connectivity index (χ1n) is 6.52. The topological polar surface area (TPSA) is 72.2 Å². The molecule has 0 aromatic heterocycles. The average molecular weight is 338 g/mol. The van der Waals surface area contributed by atoms with Crippen molar-refractivity contribution < 1.29 is 18.5 Å². The molecule has 5 nitrogen and oxygen atoms in total. The first-order valence-corrected chi connectivity index (χ1v) is 7.40. The van der Waals surface area contributed by atoms with E-state index in [-0.39, 0.29) is 18.0 Å². The minimum Gasteiger partial charge on any atom is -0.378 e. The van der Waals surface area contributed by atoms with Crippen LogP contribution in [0.3, 0.4) is 0 Å². The average Bonchev–Trinajstić information content (AvgIpc) is 2.53. The van der Waals surface area contributed by atoms with Gasteiger partial charge in [-0.25, -0.2) is 0 Å². The molecule has 0 radical (unpaired) electrons. The van der Waals surface area contributed by atoms with Gasteiger partial charge >= 0.3 is 0 Å². The lowest BCUT2D eigenvalue weighted by atomic mass is 10.1. The number of nitro groups is 1. The van der Waals surface area contributed by atoms with Gasteiger partial charge in [-0.3, -0.25) is 14.9 Å². The Hall–Kier alpha value is -2.48. The van der Waals surface area contributed by atoms with Crippen LogP contribution < -0.4 is 5.32 Å². The molecule has 0 saturated carbocycles. The minimum absolute atomic E-state index is 0.000846. The van der Waals surface area contributed by atoms with E-state index in [2.05, 4.69) is 5.32 Å². The van der Waals surface area contributed by atoms with Crippen molar-refractivity contribution in [2.24, 2.45) is 0 Å². The number of hydrogen-bond donors (Lipinski definition) is 1. The van der Waals surface area contributed by atoms with Crippen molar-refractivity contribution in [3.05, 3.63) is 64.2 Å². The molecule has 0 aliphatic heterocycles. The number of rotatable bonds is 7. The summed E-state index contributed by atoms with van der Waals surface area (Å²) < 4.78 is 24.4. The normalized spacial score (nSPS) is 10.6. The van der Waals surface area contributed by atoms with E-state index in [1.54, 1.807) is 12.1 Å². The van der Waals surface area contributed by atoms with Gasteiger partial charge in [-0.15, -0.1) is 0 Å². The van der Waals surface area contributed by atoms with Crippen molar-refractivity contribution in [1.29, 1.82) is 0 Å². The van der Waals surface area contributed by atoms with Crippen LogP contribution in [0.1, 0.15) is 10.4 Å². The van der Waals surface area contributed by atoms with Crippen LogP contribution in [0, 0.1) is 10.1 Å². The first kappa shape index (κ1) is 16.9. The molecule has 0 aliphatic rings. The summed E-state index contributed by atoms with van der Waals surface area (Å²) in [5.41, 5.74) is 0.897. The molecule has 120 valence electrons. The van der Waals surface area contributed by atoms with Crippen LogP contribution in [0.15, 0.2) is 53.4 Å². The van der Waals surface area contributed by atoms with Gasteiger partial charge in [-0.1, -0.05) is 11.8 Å². The number of non-ortho nitro benzene ring substituents is 1. The number of carbonyl (C=O) groups excluding carboxylic acids is 1. The molecule has 0 saturated heterocycles. The van der Waals surface area contributed by atoms with Gasteiger partial charge in [0.2, 0.25) is 0 Å². The third kappa shape index (κ3) is 5.03. The van der Waals surface area contributed by atoms with Crippen LogP contribution in [0.5, 0.6) is 0 Å². The number of nitro benzene ring substituents is 1. The molecule has 0 atom stereocenters. The second-order valence-corrected chi connectivity index (χ2v) is 5.55. The summed E-state index contributed by atoms with van der Waals surface area (Å²) in [5.74, 6) is -2.71. The number of thioether (sulfide) groups is 1. The number of carbonyl (C=O) groups is 1. The fourth-order valence-corrected chi connectivity index (χ4v) is 2.31. The second kappa shape index (κ2) is 7.68. The Kier molecular flexibility index (Phi) is 5.64. The van der Waals surface area contributed by atoms with Crippen molar-refractivity contribution in [2.75, 3.05) is 11.9 Å². The quantitative estimate of drug-likeness (QED) is 0.354. The summed E-state index contributed by atoms with van der Waals surface area (Å²) in [6.07, 6.45) is 0. The lowest BCUT2D eigenvalue weighted by Gasteiger charge is -2.07. The van der Waals surface area contributed by atoms with Crippen LogP contribution in [0.4, 0.5) is 20.2 Å². The molecule has 0 aliphatic carbocycles. The molecule has 8 heteroatoms. The number of nitrogens with zero attached hydrogens (tertiary/aromatic N) is 1. The molecular formula is C15H12F2N2O3S. The van der Waals surface area contributed by atoms with E-state index >= 15 is 0 Å². The van der Waals surface area contributed by atoms with Gasteiger partial charge in [0.25, 0.3) is 11.4 Å². The zero-order valence-corrected chi connectivity index (χ0v) is 12.6. The van der Waals surface area contributed by atoms with Crippen molar-refractivity contribution in [2.45, 2.75) is 10.7 Å². The van der Waals surface area contributed by atoms with Crippen molar-refractivity contribution in [3.63, 3.8) is 0 Å². The van der Waals surface area contributed by atoms with Crippen molar-refractivity contribution in [1.82, 2.24) is 0 Å². The number of nitrogens with one attached hydrogen (secondary N) is 1. The smallest absolute Gasteiger partial charge is 0.288 e. The summed E-state index contributed by atoms with van der Waals surface area (Å²) in [5, 5.41) is 13.4. The van der Waals surface area contributed by atoms with E-state index < -0.39 is 10.7 Å². The number of Topliss-reactive ketones (excluding diaryl/α,β-unsaturated/α-hetero) is 1. The Morgan fingerprint density at radius 1 is 1.13 bits per heavy atom. The van der Waals surface area contributed by atoms with Gasteiger partial charge in [0.1, 0.15) is 0 Å². The van der Waals surface area contributed by atoms with Crippen molar-refractivity contribution >= 4 is 28.9 Å². The third-order valence-electron chi connectivity index (χ3n) is 2.93. The van der Waals surface area contributed by atoms with Crippen LogP contribution in [0.2, 0.25) is 0 Å². The highest BCUT2D eigenvalue weighted by molar-refractivity contribution is 7.99. The number of anilines is 1. The van der Waals surface area contributed by atoms with E-state index in [0.717, 1.165) is 0 Å². The Bertz CT molecular complexity index is 691. The molecule has 1 N–H and O–H groups in total. The molecule has 0 spiro atoms. The molecule has 0 unspecified atom stereocenters. The fourth-order valence-electron chi connectivity index (χ4n) is 1.81. The zero-order valence-electron chi connectivity index (χ0n) is 11.7. The van der Waals surface area contributed by atoms with Crippen LogP contribution in [0.25, 0.3) is 0 Å². The van der Waals surface area contributed by atoms with E-state index in [0.29, 0.717) is 27.9 Å². The molecule has 0 amide bonds. The predicted molar refractivity (Wildman–Crippen MR) is 84.2 cm³/mol. The summed E-state index contributed by atoms with van der Waals surface area (Å²) >= 11 is 0.449. The van der Waals surface area contributed by atoms with Crippen LogP contribution >= 0.6 is 11.8 Å². The number of benzene rings is 2. The monoisotopic (exact) mass is 338 g/mol. The molecule has 2 rings (SSSR count). The van der Waals surface area contributed by atoms with E-state index in [4.69, 9.17) is 0 Å². The van der Waals surface area contributed by atoms with Gasteiger partial charge < -0.3 is 5.32 Å². The van der Waals surface area contributed by atoms with E-state index in [1.165, 1.54) is 36.4 Å². The van der Waals surface area contributed by atoms with Gasteiger partial charge in [-0.05, 0) is 36.4 Å². The van der Waals surface area contributed by atoms with Crippen LogP contribution in [-0.4, -0.2) is 23.0 Å². The van der Waals surface area contributed by atoms with E-state index in [9.17, 15) is 23.7 Å². The lowest BCUT2D eigenvalue weighted by molar-refractivity contribution is -0.384. The first-order chi connectivity index (χ1) is 11.0.